The summed E-state index contributed by atoms with van der Waals surface area (Å²) in [5.74, 6) is 0.00232. The fourth-order valence-electron chi connectivity index (χ4n) is 1.61. The van der Waals surface area contributed by atoms with Crippen molar-refractivity contribution in [1.29, 1.82) is 0 Å². The summed E-state index contributed by atoms with van der Waals surface area (Å²) in [6, 6.07) is 0. The highest BCUT2D eigenvalue weighted by molar-refractivity contribution is 5.76. The molecule has 0 atom stereocenters. The van der Waals surface area contributed by atoms with Gasteiger partial charge in [-0.05, 0) is 41.5 Å². The number of aromatic nitrogens is 2. The predicted molar refractivity (Wildman–Crippen MR) is 76.7 cm³/mol. The van der Waals surface area contributed by atoms with Crippen LogP contribution in [-0.2, 0) is 17.9 Å². The number of nitrogens with zero attached hydrogens (tertiary/aromatic N) is 2. The first-order chi connectivity index (χ1) is 8.57. The number of imidazole rings is 1. The summed E-state index contributed by atoms with van der Waals surface area (Å²) in [5, 5.41) is 6.34. The molecular weight excluding hydrogens is 240 g/mol. The highest BCUT2D eigenvalue weighted by atomic mass is 16.2. The Bertz CT molecular complexity index is 423. The van der Waals surface area contributed by atoms with E-state index in [2.05, 4.69) is 36.4 Å². The van der Waals surface area contributed by atoms with Crippen molar-refractivity contribution in [1.82, 2.24) is 20.2 Å². The summed E-state index contributed by atoms with van der Waals surface area (Å²) >= 11 is 0. The zero-order valence-corrected chi connectivity index (χ0v) is 12.9. The average Bonchev–Trinajstić information content (AvgIpc) is 2.57. The van der Waals surface area contributed by atoms with E-state index in [-0.39, 0.29) is 17.0 Å². The first-order valence-electron chi connectivity index (χ1n) is 6.62. The summed E-state index contributed by atoms with van der Waals surface area (Å²) in [4.78, 5) is 16.0. The van der Waals surface area contributed by atoms with Gasteiger partial charge in [-0.2, -0.15) is 0 Å². The minimum Gasteiger partial charge on any atom is -0.350 e. The molecule has 1 rings (SSSR count). The number of carbonyl (C=O) groups excluding carboxylic acids is 1. The molecule has 0 saturated carbocycles. The van der Waals surface area contributed by atoms with Gasteiger partial charge >= 0.3 is 0 Å². The van der Waals surface area contributed by atoms with Gasteiger partial charge in [0.2, 0.25) is 5.91 Å². The molecule has 108 valence electrons. The minimum absolute atomic E-state index is 0.00232. The second-order valence-corrected chi connectivity index (χ2v) is 6.91. The SMILES string of the molecule is CC(C)(C)NCc1cncn1CC(=O)NC(C)(C)C. The maximum absolute atomic E-state index is 11.9. The molecule has 5 heteroatoms. The molecule has 0 aliphatic carbocycles. The van der Waals surface area contributed by atoms with Crippen molar-refractivity contribution in [2.45, 2.75) is 65.7 Å². The Kier molecular flexibility index (Phi) is 4.74. The molecule has 0 aromatic carbocycles. The van der Waals surface area contributed by atoms with Gasteiger partial charge in [-0.15, -0.1) is 0 Å². The number of hydrogen-bond donors (Lipinski definition) is 2. The Labute approximate surface area is 115 Å². The monoisotopic (exact) mass is 266 g/mol. The van der Waals surface area contributed by atoms with Crippen LogP contribution in [0.15, 0.2) is 12.5 Å². The summed E-state index contributed by atoms with van der Waals surface area (Å²) in [6.45, 7) is 13.3. The smallest absolute Gasteiger partial charge is 0.240 e. The Morgan fingerprint density at radius 2 is 1.84 bits per heavy atom. The van der Waals surface area contributed by atoms with E-state index in [1.54, 1.807) is 12.5 Å². The minimum atomic E-state index is -0.207. The molecule has 2 N–H and O–H groups in total. The van der Waals surface area contributed by atoms with Crippen molar-refractivity contribution < 1.29 is 4.79 Å². The summed E-state index contributed by atoms with van der Waals surface area (Å²) in [7, 11) is 0. The molecule has 0 bridgehead atoms. The predicted octanol–water partition coefficient (Wildman–Crippen LogP) is 1.69. The van der Waals surface area contributed by atoms with E-state index in [9.17, 15) is 4.79 Å². The van der Waals surface area contributed by atoms with Crippen molar-refractivity contribution >= 4 is 5.91 Å². The van der Waals surface area contributed by atoms with Gasteiger partial charge in [-0.25, -0.2) is 4.98 Å². The lowest BCUT2D eigenvalue weighted by Crippen LogP contribution is -2.42. The lowest BCUT2D eigenvalue weighted by atomic mass is 10.1. The van der Waals surface area contributed by atoms with Crippen molar-refractivity contribution in [2.75, 3.05) is 0 Å². The van der Waals surface area contributed by atoms with E-state index in [0.717, 1.165) is 5.69 Å². The molecule has 0 aliphatic heterocycles. The Morgan fingerprint density at radius 3 is 2.37 bits per heavy atom. The van der Waals surface area contributed by atoms with Gasteiger partial charge in [0, 0.05) is 23.8 Å². The standard InChI is InChI=1S/C14H26N4O/c1-13(2,3)16-8-11-7-15-10-18(11)9-12(19)17-14(4,5)6/h7,10,16H,8-9H2,1-6H3,(H,17,19). The van der Waals surface area contributed by atoms with Crippen LogP contribution in [0.1, 0.15) is 47.2 Å². The molecule has 5 nitrogen and oxygen atoms in total. The third kappa shape index (κ3) is 6.38. The largest absolute Gasteiger partial charge is 0.350 e. The molecule has 19 heavy (non-hydrogen) atoms. The van der Waals surface area contributed by atoms with Gasteiger partial charge in [0.15, 0.2) is 0 Å². The number of hydrogen-bond acceptors (Lipinski definition) is 3. The molecule has 0 aliphatic rings. The first-order valence-corrected chi connectivity index (χ1v) is 6.62. The molecule has 0 spiro atoms. The van der Waals surface area contributed by atoms with Crippen LogP contribution >= 0.6 is 0 Å². The third-order valence-electron chi connectivity index (χ3n) is 2.43. The van der Waals surface area contributed by atoms with Crippen LogP contribution in [0, 0.1) is 0 Å². The number of nitrogens with one attached hydrogen (secondary N) is 2. The maximum Gasteiger partial charge on any atom is 0.240 e. The second-order valence-electron chi connectivity index (χ2n) is 6.91. The van der Waals surface area contributed by atoms with E-state index in [1.165, 1.54) is 0 Å². The molecule has 1 amide bonds. The first kappa shape index (κ1) is 15.7. The number of rotatable bonds is 4. The maximum atomic E-state index is 11.9. The molecule has 1 aromatic heterocycles. The van der Waals surface area contributed by atoms with Gasteiger partial charge < -0.3 is 15.2 Å². The van der Waals surface area contributed by atoms with Crippen LogP contribution in [-0.4, -0.2) is 26.5 Å². The van der Waals surface area contributed by atoms with Gasteiger partial charge in [0.05, 0.1) is 12.0 Å². The highest BCUT2D eigenvalue weighted by Crippen LogP contribution is 2.05. The second kappa shape index (κ2) is 5.74. The molecule has 0 radical (unpaired) electrons. The topological polar surface area (TPSA) is 59.0 Å². The van der Waals surface area contributed by atoms with Crippen molar-refractivity contribution in [3.63, 3.8) is 0 Å². The van der Waals surface area contributed by atoms with Crippen LogP contribution in [0.5, 0.6) is 0 Å². The van der Waals surface area contributed by atoms with Crippen LogP contribution in [0.3, 0.4) is 0 Å². The van der Waals surface area contributed by atoms with Crippen LogP contribution in [0.4, 0.5) is 0 Å². The normalized spacial score (nSPS) is 12.5. The van der Waals surface area contributed by atoms with Gasteiger partial charge in [-0.1, -0.05) is 0 Å². The van der Waals surface area contributed by atoms with Crippen molar-refractivity contribution in [3.8, 4) is 0 Å². The lowest BCUT2D eigenvalue weighted by molar-refractivity contribution is -0.123. The number of carbonyl (C=O) groups is 1. The fourth-order valence-corrected chi connectivity index (χ4v) is 1.61. The molecule has 1 aromatic rings. The molecule has 0 fully saturated rings. The Balaban J connectivity index is 2.60. The molecule has 0 saturated heterocycles. The summed E-state index contributed by atoms with van der Waals surface area (Å²) in [6.07, 6.45) is 3.49. The van der Waals surface area contributed by atoms with Crippen LogP contribution in [0.2, 0.25) is 0 Å². The van der Waals surface area contributed by atoms with Gasteiger partial charge in [0.25, 0.3) is 0 Å². The van der Waals surface area contributed by atoms with E-state index < -0.39 is 0 Å². The van der Waals surface area contributed by atoms with E-state index >= 15 is 0 Å². The van der Waals surface area contributed by atoms with E-state index in [4.69, 9.17) is 0 Å². The van der Waals surface area contributed by atoms with Crippen molar-refractivity contribution in [3.05, 3.63) is 18.2 Å². The fraction of sp³-hybridized carbons (Fsp3) is 0.714. The van der Waals surface area contributed by atoms with Gasteiger partial charge in [0.1, 0.15) is 6.54 Å². The lowest BCUT2D eigenvalue weighted by Gasteiger charge is -2.22. The number of amides is 1. The third-order valence-corrected chi connectivity index (χ3v) is 2.43. The molecule has 0 unspecified atom stereocenters. The zero-order valence-electron chi connectivity index (χ0n) is 12.9. The van der Waals surface area contributed by atoms with E-state index in [1.807, 2.05) is 25.3 Å². The Morgan fingerprint density at radius 1 is 1.21 bits per heavy atom. The summed E-state index contributed by atoms with van der Waals surface area (Å²) < 4.78 is 1.87. The average molecular weight is 266 g/mol. The summed E-state index contributed by atoms with van der Waals surface area (Å²) in [5.41, 5.74) is 0.851. The van der Waals surface area contributed by atoms with Gasteiger partial charge in [-0.3, -0.25) is 4.79 Å². The quantitative estimate of drug-likeness (QED) is 0.872. The zero-order chi connectivity index (χ0) is 14.7. The van der Waals surface area contributed by atoms with Crippen LogP contribution < -0.4 is 10.6 Å². The molecule has 1 heterocycles. The highest BCUT2D eigenvalue weighted by Gasteiger charge is 2.16. The van der Waals surface area contributed by atoms with Crippen LogP contribution in [0.25, 0.3) is 0 Å². The Hall–Kier alpha value is -1.36. The van der Waals surface area contributed by atoms with E-state index in [0.29, 0.717) is 13.1 Å². The van der Waals surface area contributed by atoms with Crippen molar-refractivity contribution in [2.24, 2.45) is 0 Å². The molecular formula is C14H26N4O.